The standard InChI is InChI=1S/C30H28N2O4/c1-18-8-9-19(2)24(16-18)35-15-14-30-13-12-29(3,36-30)25-26(30)28(34)32(27(25)33)23-11-10-20(17-31)21-6-4-5-7-22(21)23/h4-11,16,33-34H,12-15H2,1-3H3/t29-,30-/m1/s1. The Kier molecular flexibility index (Phi) is 4.86. The molecular weight excluding hydrogens is 452 g/mol. The highest BCUT2D eigenvalue weighted by molar-refractivity contribution is 5.95. The van der Waals surface area contributed by atoms with Gasteiger partial charge in [-0.25, -0.2) is 0 Å². The molecule has 6 heteroatoms. The molecule has 0 unspecified atom stereocenters. The van der Waals surface area contributed by atoms with Crippen molar-refractivity contribution in [2.75, 3.05) is 6.61 Å². The smallest absolute Gasteiger partial charge is 0.205 e. The number of benzene rings is 3. The van der Waals surface area contributed by atoms with Gasteiger partial charge in [0, 0.05) is 17.2 Å². The van der Waals surface area contributed by atoms with Crippen molar-refractivity contribution in [3.63, 3.8) is 0 Å². The van der Waals surface area contributed by atoms with Crippen LogP contribution in [-0.4, -0.2) is 21.4 Å². The summed E-state index contributed by atoms with van der Waals surface area (Å²) in [6, 6.07) is 19.4. The molecule has 4 aromatic rings. The molecule has 6 rings (SSSR count). The van der Waals surface area contributed by atoms with Gasteiger partial charge in [-0.05, 0) is 62.9 Å². The van der Waals surface area contributed by atoms with Crippen molar-refractivity contribution in [2.45, 2.75) is 51.2 Å². The fourth-order valence-corrected chi connectivity index (χ4v) is 6.10. The van der Waals surface area contributed by atoms with Crippen LogP contribution in [0, 0.1) is 25.2 Å². The van der Waals surface area contributed by atoms with Gasteiger partial charge in [0.2, 0.25) is 11.8 Å². The molecule has 1 fully saturated rings. The molecule has 182 valence electrons. The molecule has 2 atom stereocenters. The molecule has 36 heavy (non-hydrogen) atoms. The number of ether oxygens (including phenoxy) is 2. The number of nitriles is 1. The lowest BCUT2D eigenvalue weighted by Gasteiger charge is -2.26. The normalized spacial score (nSPS) is 22.1. The molecule has 2 aliphatic rings. The summed E-state index contributed by atoms with van der Waals surface area (Å²) in [6.07, 6.45) is 2.03. The van der Waals surface area contributed by atoms with Crippen LogP contribution in [0.1, 0.15) is 54.0 Å². The lowest BCUT2D eigenvalue weighted by Crippen LogP contribution is -2.25. The van der Waals surface area contributed by atoms with E-state index in [1.54, 1.807) is 12.1 Å². The highest BCUT2D eigenvalue weighted by Gasteiger charge is 2.61. The van der Waals surface area contributed by atoms with Gasteiger partial charge in [-0.2, -0.15) is 5.26 Å². The van der Waals surface area contributed by atoms with E-state index in [1.807, 2.05) is 57.2 Å². The largest absolute Gasteiger partial charge is 0.494 e. The zero-order valence-electron chi connectivity index (χ0n) is 20.6. The van der Waals surface area contributed by atoms with Crippen LogP contribution in [0.25, 0.3) is 16.5 Å². The molecule has 3 aromatic carbocycles. The minimum atomic E-state index is -0.739. The third-order valence-electron chi connectivity index (χ3n) is 7.90. The molecule has 0 amide bonds. The van der Waals surface area contributed by atoms with Crippen molar-refractivity contribution in [1.29, 1.82) is 5.26 Å². The average Bonchev–Trinajstić information content (AvgIpc) is 3.45. The van der Waals surface area contributed by atoms with Crippen molar-refractivity contribution in [3.8, 4) is 29.3 Å². The second-order valence-corrected chi connectivity index (χ2v) is 10.2. The minimum Gasteiger partial charge on any atom is -0.494 e. The molecule has 0 saturated carbocycles. The fourth-order valence-electron chi connectivity index (χ4n) is 6.10. The number of rotatable bonds is 5. The Bertz CT molecular complexity index is 1580. The number of aromatic hydroxyl groups is 2. The Labute approximate surface area is 209 Å². The number of hydrogen-bond donors (Lipinski definition) is 2. The average molecular weight is 481 g/mol. The first-order valence-corrected chi connectivity index (χ1v) is 12.3. The Morgan fingerprint density at radius 2 is 1.75 bits per heavy atom. The van der Waals surface area contributed by atoms with E-state index in [0.29, 0.717) is 35.4 Å². The number of aryl methyl sites for hydroxylation is 2. The molecule has 0 aliphatic carbocycles. The van der Waals surface area contributed by atoms with Crippen LogP contribution in [0.3, 0.4) is 0 Å². The Balaban J connectivity index is 1.43. The summed E-state index contributed by atoms with van der Waals surface area (Å²) in [5.74, 6) is 0.809. The van der Waals surface area contributed by atoms with Gasteiger partial charge in [0.1, 0.15) is 11.4 Å². The molecule has 2 aliphatic heterocycles. The molecule has 3 heterocycles. The molecule has 6 nitrogen and oxygen atoms in total. The maximum atomic E-state index is 11.6. The second kappa shape index (κ2) is 7.78. The molecule has 0 spiro atoms. The second-order valence-electron chi connectivity index (χ2n) is 10.2. The number of aromatic nitrogens is 1. The van der Waals surface area contributed by atoms with Crippen LogP contribution in [0.15, 0.2) is 54.6 Å². The third-order valence-corrected chi connectivity index (χ3v) is 7.90. The zero-order valence-corrected chi connectivity index (χ0v) is 20.6. The minimum absolute atomic E-state index is 0.0168. The van der Waals surface area contributed by atoms with Crippen LogP contribution in [-0.2, 0) is 15.9 Å². The highest BCUT2D eigenvalue weighted by atomic mass is 16.5. The van der Waals surface area contributed by atoms with Gasteiger partial charge < -0.3 is 19.7 Å². The fraction of sp³-hybridized carbons (Fsp3) is 0.300. The maximum Gasteiger partial charge on any atom is 0.205 e. The monoisotopic (exact) mass is 480 g/mol. The lowest BCUT2D eigenvalue weighted by molar-refractivity contribution is -0.0876. The predicted molar refractivity (Wildman–Crippen MR) is 137 cm³/mol. The van der Waals surface area contributed by atoms with Gasteiger partial charge in [0.15, 0.2) is 0 Å². The first kappa shape index (κ1) is 22.5. The first-order chi connectivity index (χ1) is 17.3. The van der Waals surface area contributed by atoms with Crippen LogP contribution in [0.5, 0.6) is 17.5 Å². The lowest BCUT2D eigenvalue weighted by atomic mass is 9.78. The van der Waals surface area contributed by atoms with Crippen LogP contribution >= 0.6 is 0 Å². The summed E-state index contributed by atoms with van der Waals surface area (Å²) in [5.41, 5.74) is 3.24. The van der Waals surface area contributed by atoms with Gasteiger partial charge in [-0.15, -0.1) is 0 Å². The van der Waals surface area contributed by atoms with Gasteiger partial charge in [-0.3, -0.25) is 4.57 Å². The molecule has 2 N–H and O–H groups in total. The van der Waals surface area contributed by atoms with Crippen molar-refractivity contribution in [1.82, 2.24) is 4.57 Å². The summed E-state index contributed by atoms with van der Waals surface area (Å²) in [6.45, 7) is 6.46. The van der Waals surface area contributed by atoms with Gasteiger partial charge >= 0.3 is 0 Å². The first-order valence-electron chi connectivity index (χ1n) is 12.3. The van der Waals surface area contributed by atoms with E-state index in [0.717, 1.165) is 40.5 Å². The molecular formula is C30H28N2O4. The SMILES string of the molecule is Cc1ccc(C)c(OCC[C@@]23CC[C@@](C)(O2)c2c3c(O)n(-c3ccc(C#N)c4ccccc34)c2O)c1. The van der Waals surface area contributed by atoms with Crippen molar-refractivity contribution < 1.29 is 19.7 Å². The predicted octanol–water partition coefficient (Wildman–Crippen LogP) is 6.23. The van der Waals surface area contributed by atoms with E-state index in [9.17, 15) is 15.5 Å². The van der Waals surface area contributed by atoms with Crippen LogP contribution in [0.4, 0.5) is 0 Å². The Morgan fingerprint density at radius 3 is 2.53 bits per heavy atom. The Morgan fingerprint density at radius 1 is 1.00 bits per heavy atom. The van der Waals surface area contributed by atoms with E-state index in [-0.39, 0.29) is 11.8 Å². The van der Waals surface area contributed by atoms with Gasteiger partial charge in [0.25, 0.3) is 0 Å². The topological polar surface area (TPSA) is 87.6 Å². The van der Waals surface area contributed by atoms with E-state index in [2.05, 4.69) is 12.1 Å². The van der Waals surface area contributed by atoms with Crippen molar-refractivity contribution >= 4 is 10.8 Å². The number of hydrogen-bond acceptors (Lipinski definition) is 5. The van der Waals surface area contributed by atoms with Crippen LogP contribution in [0.2, 0.25) is 0 Å². The van der Waals surface area contributed by atoms with Crippen molar-refractivity contribution in [3.05, 3.63) is 82.4 Å². The number of nitrogens with zero attached hydrogens (tertiary/aromatic N) is 2. The summed E-state index contributed by atoms with van der Waals surface area (Å²) < 4.78 is 14.2. The van der Waals surface area contributed by atoms with E-state index >= 15 is 0 Å². The molecule has 0 radical (unpaired) electrons. The van der Waals surface area contributed by atoms with Gasteiger partial charge in [-0.1, -0.05) is 36.4 Å². The van der Waals surface area contributed by atoms with Crippen molar-refractivity contribution in [2.24, 2.45) is 0 Å². The quantitative estimate of drug-likeness (QED) is 0.353. The van der Waals surface area contributed by atoms with E-state index < -0.39 is 11.2 Å². The zero-order chi connectivity index (χ0) is 25.2. The Hall–Kier alpha value is -3.95. The molecule has 1 aromatic heterocycles. The molecule has 2 bridgehead atoms. The van der Waals surface area contributed by atoms with E-state index in [4.69, 9.17) is 9.47 Å². The summed E-state index contributed by atoms with van der Waals surface area (Å²) in [4.78, 5) is 0. The number of fused-ring (bicyclic) bond motifs is 6. The van der Waals surface area contributed by atoms with E-state index in [1.165, 1.54) is 4.57 Å². The molecule has 1 saturated heterocycles. The van der Waals surface area contributed by atoms with Gasteiger partial charge in [0.05, 0.1) is 40.7 Å². The summed E-state index contributed by atoms with van der Waals surface area (Å²) in [7, 11) is 0. The summed E-state index contributed by atoms with van der Waals surface area (Å²) in [5, 5.41) is 34.2. The third kappa shape index (κ3) is 3.06. The highest BCUT2D eigenvalue weighted by Crippen LogP contribution is 2.65. The summed E-state index contributed by atoms with van der Waals surface area (Å²) >= 11 is 0. The maximum absolute atomic E-state index is 11.6. The van der Waals surface area contributed by atoms with Crippen LogP contribution < -0.4 is 4.74 Å².